The number of aliphatic carboxylic acids is 1. The summed E-state index contributed by atoms with van der Waals surface area (Å²) in [5.74, 6) is -0.456. The molecule has 52 valence electrons. The topological polar surface area (TPSA) is 46.5 Å². The normalized spacial score (nSPS) is 8.56. The van der Waals surface area contributed by atoms with Crippen LogP contribution in [0.2, 0.25) is 0 Å². The molecule has 0 rings (SSSR count). The van der Waals surface area contributed by atoms with Crippen molar-refractivity contribution in [1.29, 1.82) is 0 Å². The van der Waals surface area contributed by atoms with Gasteiger partial charge in [0, 0.05) is 6.42 Å². The summed E-state index contributed by atoms with van der Waals surface area (Å²) in [5.41, 5.74) is 0. The van der Waals surface area contributed by atoms with Crippen molar-refractivity contribution < 1.29 is 14.6 Å². The number of hydrogen-bond donors (Lipinski definition) is 1. The predicted molar refractivity (Wildman–Crippen MR) is 33.0 cm³/mol. The van der Waals surface area contributed by atoms with Crippen LogP contribution in [-0.2, 0) is 9.53 Å². The Morgan fingerprint density at radius 1 is 1.78 bits per heavy atom. The lowest BCUT2D eigenvalue weighted by Crippen LogP contribution is -2.05. The Hall–Kier alpha value is -0.990. The molecule has 0 bridgehead atoms. The zero-order chi connectivity index (χ0) is 7.28. The molecular weight excluding hydrogens is 120 g/mol. The van der Waals surface area contributed by atoms with Crippen molar-refractivity contribution >= 4 is 5.97 Å². The van der Waals surface area contributed by atoms with Gasteiger partial charge >= 0.3 is 5.97 Å². The minimum Gasteiger partial charge on any atom is -0.487 e. The molecule has 3 heteroatoms. The van der Waals surface area contributed by atoms with Crippen molar-refractivity contribution in [2.45, 2.75) is 13.3 Å². The molecule has 0 aliphatic carbocycles. The average molecular weight is 130 g/mol. The highest BCUT2D eigenvalue weighted by Crippen LogP contribution is 1.96. The van der Waals surface area contributed by atoms with E-state index in [4.69, 9.17) is 5.11 Å². The number of carboxylic acids is 1. The van der Waals surface area contributed by atoms with Crippen LogP contribution in [0.3, 0.4) is 0 Å². The Bertz CT molecular complexity index is 117. The van der Waals surface area contributed by atoms with Crippen LogP contribution < -0.4 is 0 Å². The molecule has 0 atom stereocenters. The van der Waals surface area contributed by atoms with Gasteiger partial charge in [0.1, 0.15) is 0 Å². The van der Waals surface area contributed by atoms with E-state index in [1.165, 1.54) is 0 Å². The second kappa shape index (κ2) is 3.95. The summed E-state index contributed by atoms with van der Waals surface area (Å²) in [6.45, 7) is 5.03. The molecule has 0 heterocycles. The molecule has 0 aliphatic rings. The van der Waals surface area contributed by atoms with Crippen molar-refractivity contribution in [1.82, 2.24) is 0 Å². The minimum absolute atomic E-state index is 0.285. The third-order valence-electron chi connectivity index (χ3n) is 0.794. The number of allylic oxidation sites excluding steroid dienone is 1. The van der Waals surface area contributed by atoms with Crippen LogP contribution in [-0.4, -0.2) is 17.7 Å². The van der Waals surface area contributed by atoms with Crippen LogP contribution in [0.1, 0.15) is 13.3 Å². The van der Waals surface area contributed by atoms with E-state index in [-0.39, 0.29) is 6.61 Å². The first kappa shape index (κ1) is 8.01. The number of hydrogen-bond acceptors (Lipinski definition) is 2. The highest BCUT2D eigenvalue weighted by atomic mass is 16.5. The standard InChI is InChI=1S/C6H10O3/c1-3-5(2)9-4-6(7)8/h2-4H2,1H3,(H,7,8). The molecular formula is C6H10O3. The van der Waals surface area contributed by atoms with Crippen LogP contribution in [0, 0.1) is 0 Å². The number of rotatable bonds is 4. The largest absolute Gasteiger partial charge is 0.487 e. The van der Waals surface area contributed by atoms with Crippen molar-refractivity contribution in [3.05, 3.63) is 12.3 Å². The van der Waals surface area contributed by atoms with Crippen LogP contribution >= 0.6 is 0 Å². The summed E-state index contributed by atoms with van der Waals surface area (Å²) in [6, 6.07) is 0. The third-order valence-corrected chi connectivity index (χ3v) is 0.794. The maximum atomic E-state index is 9.85. The van der Waals surface area contributed by atoms with Crippen LogP contribution in [0.15, 0.2) is 12.3 Å². The summed E-state index contributed by atoms with van der Waals surface area (Å²) >= 11 is 0. The summed E-state index contributed by atoms with van der Waals surface area (Å²) in [4.78, 5) is 9.85. The number of carboxylic acid groups (broad SMARTS) is 1. The van der Waals surface area contributed by atoms with Gasteiger partial charge in [-0.1, -0.05) is 13.5 Å². The molecule has 0 aliphatic heterocycles. The first-order valence-corrected chi connectivity index (χ1v) is 2.69. The van der Waals surface area contributed by atoms with Gasteiger partial charge in [-0.15, -0.1) is 0 Å². The summed E-state index contributed by atoms with van der Waals surface area (Å²) in [6.07, 6.45) is 0.660. The van der Waals surface area contributed by atoms with E-state index >= 15 is 0 Å². The van der Waals surface area contributed by atoms with Crippen LogP contribution in [0.4, 0.5) is 0 Å². The van der Waals surface area contributed by atoms with E-state index in [9.17, 15) is 4.79 Å². The zero-order valence-corrected chi connectivity index (χ0v) is 5.39. The molecule has 0 amide bonds. The van der Waals surface area contributed by atoms with Crippen molar-refractivity contribution in [3.63, 3.8) is 0 Å². The van der Waals surface area contributed by atoms with Gasteiger partial charge in [0.25, 0.3) is 0 Å². The fourth-order valence-electron chi connectivity index (χ4n) is 0.266. The van der Waals surface area contributed by atoms with E-state index < -0.39 is 5.97 Å². The SMILES string of the molecule is C=C(CC)OCC(=O)O. The molecule has 0 spiro atoms. The first-order chi connectivity index (χ1) is 4.16. The molecule has 0 saturated carbocycles. The van der Waals surface area contributed by atoms with Gasteiger partial charge in [-0.05, 0) is 0 Å². The van der Waals surface area contributed by atoms with Gasteiger partial charge in [0.15, 0.2) is 6.61 Å². The Labute approximate surface area is 53.9 Å². The first-order valence-electron chi connectivity index (χ1n) is 2.69. The quantitative estimate of drug-likeness (QED) is 0.578. The Balaban J connectivity index is 3.28. The van der Waals surface area contributed by atoms with Crippen molar-refractivity contribution in [2.24, 2.45) is 0 Å². The monoisotopic (exact) mass is 130 g/mol. The fourth-order valence-corrected chi connectivity index (χ4v) is 0.266. The lowest BCUT2D eigenvalue weighted by Gasteiger charge is -2.01. The smallest absolute Gasteiger partial charge is 0.341 e. The van der Waals surface area contributed by atoms with Crippen LogP contribution in [0.25, 0.3) is 0 Å². The molecule has 0 unspecified atom stereocenters. The molecule has 1 N–H and O–H groups in total. The lowest BCUT2D eigenvalue weighted by molar-refractivity contribution is -0.140. The molecule has 0 fully saturated rings. The van der Waals surface area contributed by atoms with Crippen molar-refractivity contribution in [2.75, 3.05) is 6.61 Å². The molecule has 0 aromatic heterocycles. The molecule has 9 heavy (non-hydrogen) atoms. The molecule has 3 nitrogen and oxygen atoms in total. The second-order valence-corrected chi connectivity index (χ2v) is 1.57. The van der Waals surface area contributed by atoms with E-state index in [2.05, 4.69) is 11.3 Å². The van der Waals surface area contributed by atoms with Gasteiger partial charge in [-0.25, -0.2) is 4.79 Å². The highest BCUT2D eigenvalue weighted by molar-refractivity contribution is 5.68. The summed E-state index contributed by atoms with van der Waals surface area (Å²) < 4.78 is 4.66. The Morgan fingerprint density at radius 3 is 2.67 bits per heavy atom. The lowest BCUT2D eigenvalue weighted by atomic mass is 10.4. The Kier molecular flexibility index (Phi) is 3.51. The molecule has 0 radical (unpaired) electrons. The molecule has 0 aromatic rings. The third kappa shape index (κ3) is 4.87. The average Bonchev–Trinajstić information content (AvgIpc) is 1.83. The summed E-state index contributed by atoms with van der Waals surface area (Å²) in [7, 11) is 0. The van der Waals surface area contributed by atoms with E-state index in [1.807, 2.05) is 6.92 Å². The minimum atomic E-state index is -0.968. The van der Waals surface area contributed by atoms with Gasteiger partial charge in [0.05, 0.1) is 5.76 Å². The zero-order valence-electron chi connectivity index (χ0n) is 5.39. The molecule has 0 saturated heterocycles. The molecule has 0 aromatic carbocycles. The maximum Gasteiger partial charge on any atom is 0.341 e. The van der Waals surface area contributed by atoms with Crippen LogP contribution in [0.5, 0.6) is 0 Å². The predicted octanol–water partition coefficient (Wildman–Crippen LogP) is 1.01. The summed E-state index contributed by atoms with van der Waals surface area (Å²) in [5, 5.41) is 8.09. The Morgan fingerprint density at radius 2 is 2.33 bits per heavy atom. The maximum absolute atomic E-state index is 9.85. The fraction of sp³-hybridized carbons (Fsp3) is 0.500. The van der Waals surface area contributed by atoms with Crippen molar-refractivity contribution in [3.8, 4) is 0 Å². The second-order valence-electron chi connectivity index (χ2n) is 1.57. The van der Waals surface area contributed by atoms with Gasteiger partial charge in [0.2, 0.25) is 0 Å². The van der Waals surface area contributed by atoms with Gasteiger partial charge in [-0.3, -0.25) is 0 Å². The highest BCUT2D eigenvalue weighted by Gasteiger charge is 1.96. The van der Waals surface area contributed by atoms with E-state index in [0.29, 0.717) is 12.2 Å². The number of carbonyl (C=O) groups is 1. The van der Waals surface area contributed by atoms with Gasteiger partial charge in [-0.2, -0.15) is 0 Å². The van der Waals surface area contributed by atoms with Gasteiger partial charge < -0.3 is 9.84 Å². The van der Waals surface area contributed by atoms with E-state index in [0.717, 1.165) is 0 Å². The van der Waals surface area contributed by atoms with E-state index in [1.54, 1.807) is 0 Å². The number of ether oxygens (including phenoxy) is 1.